The molecule has 7 nitrogen and oxygen atoms in total. The zero-order valence-corrected chi connectivity index (χ0v) is 16.5. The number of esters is 1. The number of aryl methyl sites for hydroxylation is 1. The van der Waals surface area contributed by atoms with Gasteiger partial charge < -0.3 is 14.6 Å². The Morgan fingerprint density at radius 1 is 1.38 bits per heavy atom. The molecule has 0 aliphatic carbocycles. The molecule has 0 aliphatic rings. The van der Waals surface area contributed by atoms with Crippen molar-refractivity contribution in [3.05, 3.63) is 45.5 Å². The second kappa shape index (κ2) is 9.80. The molecular weight excluding hydrogens is 401 g/mol. The molecule has 140 valence electrons. The third kappa shape index (κ3) is 6.51. The molecule has 1 amide bonds. The van der Waals surface area contributed by atoms with E-state index in [9.17, 15) is 9.59 Å². The summed E-state index contributed by atoms with van der Waals surface area (Å²) >= 11 is 13.2. The highest BCUT2D eigenvalue weighted by Gasteiger charge is 2.15. The first kappa shape index (κ1) is 20.5. The number of thioether (sulfide) groups is 1. The third-order valence-corrected chi connectivity index (χ3v) is 4.66. The fourth-order valence-corrected chi connectivity index (χ4v) is 3.25. The molecule has 2 aromatic rings. The van der Waals surface area contributed by atoms with Crippen molar-refractivity contribution in [3.63, 3.8) is 0 Å². The predicted molar refractivity (Wildman–Crippen MR) is 99.2 cm³/mol. The Bertz CT molecular complexity index is 785. The fraction of sp³-hybridized carbons (Fsp3) is 0.375. The molecule has 1 unspecified atom stereocenters. The summed E-state index contributed by atoms with van der Waals surface area (Å²) in [5, 5.41) is 7.40. The molecule has 2 rings (SSSR count). The van der Waals surface area contributed by atoms with Crippen LogP contribution in [0.5, 0.6) is 0 Å². The van der Waals surface area contributed by atoms with Crippen LogP contribution in [0.25, 0.3) is 0 Å². The Morgan fingerprint density at radius 3 is 2.81 bits per heavy atom. The standard InChI is InChI=1S/C16H17Cl2N3O4S/c1-9(12-4-3-11(17)5-13(12)18)19-15(22)6-24-16(23)8-26-7-14-20-10(2)25-21-14/h3-5,9H,6-8H2,1-2H3,(H,19,22). The molecule has 1 atom stereocenters. The molecule has 0 bridgehead atoms. The highest BCUT2D eigenvalue weighted by atomic mass is 35.5. The van der Waals surface area contributed by atoms with Gasteiger partial charge in [-0.3, -0.25) is 9.59 Å². The summed E-state index contributed by atoms with van der Waals surface area (Å²) in [6, 6.07) is 4.68. The average molecular weight is 418 g/mol. The lowest BCUT2D eigenvalue weighted by Crippen LogP contribution is -2.31. The van der Waals surface area contributed by atoms with Gasteiger partial charge in [0, 0.05) is 17.0 Å². The van der Waals surface area contributed by atoms with Crippen molar-refractivity contribution < 1.29 is 18.8 Å². The number of hydrogen-bond acceptors (Lipinski definition) is 7. The van der Waals surface area contributed by atoms with Gasteiger partial charge in [-0.25, -0.2) is 0 Å². The quantitative estimate of drug-likeness (QED) is 0.657. The largest absolute Gasteiger partial charge is 0.455 e. The van der Waals surface area contributed by atoms with E-state index in [1.165, 1.54) is 11.8 Å². The van der Waals surface area contributed by atoms with Gasteiger partial charge in [0.05, 0.1) is 17.5 Å². The number of carbonyl (C=O) groups excluding carboxylic acids is 2. The maximum Gasteiger partial charge on any atom is 0.316 e. The molecule has 26 heavy (non-hydrogen) atoms. The van der Waals surface area contributed by atoms with E-state index in [2.05, 4.69) is 15.5 Å². The number of carbonyl (C=O) groups is 2. The smallest absolute Gasteiger partial charge is 0.316 e. The molecule has 1 N–H and O–H groups in total. The van der Waals surface area contributed by atoms with Crippen LogP contribution in [0.2, 0.25) is 10.0 Å². The van der Waals surface area contributed by atoms with Crippen molar-refractivity contribution in [1.29, 1.82) is 0 Å². The lowest BCUT2D eigenvalue weighted by atomic mass is 10.1. The van der Waals surface area contributed by atoms with E-state index in [4.69, 9.17) is 32.5 Å². The van der Waals surface area contributed by atoms with Crippen LogP contribution in [-0.4, -0.2) is 34.4 Å². The van der Waals surface area contributed by atoms with Gasteiger partial charge in [-0.05, 0) is 24.6 Å². The summed E-state index contributed by atoms with van der Waals surface area (Å²) in [4.78, 5) is 27.6. The van der Waals surface area contributed by atoms with E-state index in [0.717, 1.165) is 5.56 Å². The monoisotopic (exact) mass is 417 g/mol. The zero-order valence-electron chi connectivity index (χ0n) is 14.1. The Labute approximate surface area is 164 Å². The summed E-state index contributed by atoms with van der Waals surface area (Å²) in [6.45, 7) is 3.10. The maximum atomic E-state index is 11.9. The second-order valence-corrected chi connectivity index (χ2v) is 7.17. The van der Waals surface area contributed by atoms with Crippen LogP contribution in [0.4, 0.5) is 0 Å². The highest BCUT2D eigenvalue weighted by molar-refractivity contribution is 7.99. The summed E-state index contributed by atoms with van der Waals surface area (Å²) in [5.41, 5.74) is 0.724. The summed E-state index contributed by atoms with van der Waals surface area (Å²) in [6.07, 6.45) is 0. The van der Waals surface area contributed by atoms with Crippen molar-refractivity contribution in [2.24, 2.45) is 0 Å². The van der Waals surface area contributed by atoms with Gasteiger partial charge in [0.1, 0.15) is 0 Å². The third-order valence-electron chi connectivity index (χ3n) is 3.19. The van der Waals surface area contributed by atoms with Crippen LogP contribution in [0.15, 0.2) is 22.7 Å². The molecule has 0 saturated carbocycles. The zero-order chi connectivity index (χ0) is 19.1. The van der Waals surface area contributed by atoms with Gasteiger partial charge in [-0.2, -0.15) is 4.98 Å². The summed E-state index contributed by atoms with van der Waals surface area (Å²) < 4.78 is 9.77. The number of hydrogen-bond donors (Lipinski definition) is 1. The van der Waals surface area contributed by atoms with Crippen LogP contribution in [0.3, 0.4) is 0 Å². The summed E-state index contributed by atoms with van der Waals surface area (Å²) in [7, 11) is 0. The average Bonchev–Trinajstić information content (AvgIpc) is 2.98. The normalized spacial score (nSPS) is 11.8. The van der Waals surface area contributed by atoms with E-state index in [1.54, 1.807) is 32.0 Å². The molecule has 1 aromatic heterocycles. The van der Waals surface area contributed by atoms with E-state index in [1.807, 2.05) is 0 Å². The Kier molecular flexibility index (Phi) is 7.74. The number of benzene rings is 1. The van der Waals surface area contributed by atoms with Crippen molar-refractivity contribution in [2.45, 2.75) is 25.6 Å². The van der Waals surface area contributed by atoms with Gasteiger partial charge in [0.15, 0.2) is 12.4 Å². The Hall–Kier alpha value is -1.77. The minimum absolute atomic E-state index is 0.0828. The number of halogens is 2. The molecule has 10 heteroatoms. The number of rotatable bonds is 8. The van der Waals surface area contributed by atoms with E-state index in [-0.39, 0.29) is 18.4 Å². The molecule has 0 fully saturated rings. The number of amides is 1. The van der Waals surface area contributed by atoms with Gasteiger partial charge >= 0.3 is 5.97 Å². The number of nitrogens with one attached hydrogen (secondary N) is 1. The molecular formula is C16H17Cl2N3O4S. The molecule has 0 radical (unpaired) electrons. The predicted octanol–water partition coefficient (Wildman–Crippen LogP) is 3.34. The first-order valence-electron chi connectivity index (χ1n) is 7.62. The lowest BCUT2D eigenvalue weighted by Gasteiger charge is -2.16. The van der Waals surface area contributed by atoms with Crippen LogP contribution >= 0.6 is 35.0 Å². The first-order valence-corrected chi connectivity index (χ1v) is 9.53. The van der Waals surface area contributed by atoms with Gasteiger partial charge in [-0.1, -0.05) is 34.4 Å². The molecule has 0 saturated heterocycles. The number of nitrogens with zero attached hydrogens (tertiary/aromatic N) is 2. The molecule has 1 aromatic carbocycles. The lowest BCUT2D eigenvalue weighted by molar-refractivity contribution is -0.146. The second-order valence-electron chi connectivity index (χ2n) is 5.34. The minimum Gasteiger partial charge on any atom is -0.455 e. The number of ether oxygens (including phenoxy) is 1. The van der Waals surface area contributed by atoms with E-state index in [0.29, 0.717) is 27.5 Å². The summed E-state index contributed by atoms with van der Waals surface area (Å²) in [5.74, 6) is 0.559. The van der Waals surface area contributed by atoms with E-state index >= 15 is 0 Å². The van der Waals surface area contributed by atoms with Gasteiger partial charge in [0.2, 0.25) is 5.89 Å². The number of aromatic nitrogens is 2. The van der Waals surface area contributed by atoms with Crippen LogP contribution in [-0.2, 0) is 20.1 Å². The topological polar surface area (TPSA) is 94.3 Å². The maximum absolute atomic E-state index is 11.9. The van der Waals surface area contributed by atoms with Crippen molar-refractivity contribution >= 4 is 46.8 Å². The molecule has 0 aliphatic heterocycles. The van der Waals surface area contributed by atoms with Crippen molar-refractivity contribution in [1.82, 2.24) is 15.5 Å². The van der Waals surface area contributed by atoms with E-state index < -0.39 is 11.9 Å². The fourth-order valence-electron chi connectivity index (χ4n) is 2.03. The molecule has 0 spiro atoms. The van der Waals surface area contributed by atoms with Gasteiger partial charge in [0.25, 0.3) is 5.91 Å². The Morgan fingerprint density at radius 2 is 2.15 bits per heavy atom. The first-order chi connectivity index (χ1) is 12.3. The minimum atomic E-state index is -0.498. The highest BCUT2D eigenvalue weighted by Crippen LogP contribution is 2.25. The molecule has 1 heterocycles. The Balaban J connectivity index is 1.69. The van der Waals surface area contributed by atoms with Crippen LogP contribution < -0.4 is 5.32 Å². The SMILES string of the molecule is Cc1nc(CSCC(=O)OCC(=O)NC(C)c2ccc(Cl)cc2Cl)no1. The van der Waals surface area contributed by atoms with Crippen LogP contribution in [0.1, 0.15) is 30.2 Å². The van der Waals surface area contributed by atoms with Gasteiger partial charge in [-0.15, -0.1) is 11.8 Å². The van der Waals surface area contributed by atoms with Crippen molar-refractivity contribution in [3.8, 4) is 0 Å². The van der Waals surface area contributed by atoms with Crippen LogP contribution in [0, 0.1) is 6.92 Å². The van der Waals surface area contributed by atoms with Crippen molar-refractivity contribution in [2.75, 3.05) is 12.4 Å².